The van der Waals surface area contributed by atoms with Crippen LogP contribution in [0.25, 0.3) is 0 Å². The molecule has 8 heteroatoms. The van der Waals surface area contributed by atoms with E-state index in [2.05, 4.69) is 5.32 Å². The Kier molecular flexibility index (Phi) is 8.04. The maximum absolute atomic E-state index is 13.1. The summed E-state index contributed by atoms with van der Waals surface area (Å²) in [6.07, 6.45) is 2.02. The average Bonchev–Trinajstić information content (AvgIpc) is 2.65. The number of esters is 1. The second kappa shape index (κ2) is 10.1. The maximum atomic E-state index is 13.1. The van der Waals surface area contributed by atoms with Crippen molar-refractivity contribution in [3.63, 3.8) is 0 Å². The Bertz CT molecular complexity index is 883. The Morgan fingerprint density at radius 2 is 1.78 bits per heavy atom. The minimum absolute atomic E-state index is 0.0249. The normalized spacial score (nSPS) is 14.7. The van der Waals surface area contributed by atoms with Crippen LogP contribution in [-0.4, -0.2) is 54.5 Å². The monoisotopic (exact) mass is 446 g/mol. The Balaban J connectivity index is 2.48. The molecule has 2 amide bonds. The molecule has 176 valence electrons. The number of rotatable bonds is 8. The molecular weight excluding hydrogens is 412 g/mol. The zero-order valence-electron chi connectivity index (χ0n) is 19.9. The lowest BCUT2D eigenvalue weighted by molar-refractivity contribution is -0.153. The van der Waals surface area contributed by atoms with Crippen LogP contribution in [0.2, 0.25) is 0 Å². The summed E-state index contributed by atoms with van der Waals surface area (Å²) in [6.45, 7) is 9.51. The molecule has 0 spiro atoms. The fourth-order valence-electron chi connectivity index (χ4n) is 3.69. The van der Waals surface area contributed by atoms with E-state index in [-0.39, 0.29) is 23.8 Å². The highest BCUT2D eigenvalue weighted by atomic mass is 16.6. The van der Waals surface area contributed by atoms with E-state index in [4.69, 9.17) is 9.47 Å². The molecule has 0 aromatic heterocycles. The molecule has 0 aliphatic heterocycles. The molecule has 1 aliphatic rings. The van der Waals surface area contributed by atoms with Crippen molar-refractivity contribution < 1.29 is 28.7 Å². The molecule has 32 heavy (non-hydrogen) atoms. The van der Waals surface area contributed by atoms with Crippen LogP contribution < -0.4 is 5.32 Å². The Labute approximate surface area is 189 Å². The van der Waals surface area contributed by atoms with Gasteiger partial charge < -0.3 is 14.4 Å². The topological polar surface area (TPSA) is 102 Å². The quantitative estimate of drug-likeness (QED) is 0.367. The number of carbonyl (C=O) groups is 4. The number of Topliss-reactive ketones (excluding diaryl/α,β-unsaturated/α-hetero) is 1. The smallest absolute Gasteiger partial charge is 0.412 e. The summed E-state index contributed by atoms with van der Waals surface area (Å²) in [5, 5.41) is 2.57. The molecule has 0 atom stereocenters. The van der Waals surface area contributed by atoms with Crippen LogP contribution in [0.3, 0.4) is 0 Å². The molecule has 1 N–H and O–H groups in total. The third kappa shape index (κ3) is 5.66. The van der Waals surface area contributed by atoms with Gasteiger partial charge in [-0.05, 0) is 64.7 Å². The van der Waals surface area contributed by atoms with Crippen molar-refractivity contribution in [1.29, 1.82) is 0 Å². The van der Waals surface area contributed by atoms with Crippen molar-refractivity contribution in [2.75, 3.05) is 25.5 Å². The van der Waals surface area contributed by atoms with Gasteiger partial charge in [0.2, 0.25) is 0 Å². The average molecular weight is 447 g/mol. The van der Waals surface area contributed by atoms with E-state index >= 15 is 0 Å². The molecule has 2 rings (SSSR count). The predicted octanol–water partition coefficient (Wildman–Crippen LogP) is 4.07. The molecule has 1 aliphatic carbocycles. The van der Waals surface area contributed by atoms with Gasteiger partial charge in [0.25, 0.3) is 11.7 Å². The van der Waals surface area contributed by atoms with Gasteiger partial charge >= 0.3 is 12.1 Å². The van der Waals surface area contributed by atoms with Crippen molar-refractivity contribution in [1.82, 2.24) is 4.90 Å². The van der Waals surface area contributed by atoms with Gasteiger partial charge in [0.1, 0.15) is 5.60 Å². The van der Waals surface area contributed by atoms with Crippen LogP contribution in [0, 0.1) is 0 Å². The standard InChI is InChI=1S/C24H34N2O6/c1-7-14-26(6)20(28)19(27)17-15-16(24(12-9-13-24)21(29)31-8-2)10-11-18(17)25-22(30)32-23(3,4)5/h10-11,15H,7-9,12-14H2,1-6H3,(H,25,30). The first-order chi connectivity index (χ1) is 14.9. The number of benzene rings is 1. The first kappa shape index (κ1) is 25.4. The molecule has 0 saturated heterocycles. The van der Waals surface area contributed by atoms with Crippen LogP contribution in [0.4, 0.5) is 10.5 Å². The molecule has 1 saturated carbocycles. The summed E-state index contributed by atoms with van der Waals surface area (Å²) < 4.78 is 10.6. The molecule has 8 nitrogen and oxygen atoms in total. The number of ether oxygens (including phenoxy) is 2. The molecule has 0 bridgehead atoms. The minimum atomic E-state index is -0.839. The number of anilines is 1. The van der Waals surface area contributed by atoms with Gasteiger partial charge in [-0.1, -0.05) is 19.4 Å². The van der Waals surface area contributed by atoms with Crippen LogP contribution >= 0.6 is 0 Å². The van der Waals surface area contributed by atoms with E-state index in [1.54, 1.807) is 46.9 Å². The van der Waals surface area contributed by atoms with Crippen molar-refractivity contribution >= 4 is 29.4 Å². The molecule has 1 aromatic rings. The van der Waals surface area contributed by atoms with Crippen LogP contribution in [0.15, 0.2) is 18.2 Å². The van der Waals surface area contributed by atoms with Gasteiger partial charge in [0.15, 0.2) is 0 Å². The van der Waals surface area contributed by atoms with E-state index in [1.165, 1.54) is 11.0 Å². The molecular formula is C24H34N2O6. The van der Waals surface area contributed by atoms with E-state index < -0.39 is 28.8 Å². The third-order valence-electron chi connectivity index (χ3n) is 5.43. The fraction of sp³-hybridized carbons (Fsp3) is 0.583. The highest BCUT2D eigenvalue weighted by Crippen LogP contribution is 2.45. The maximum Gasteiger partial charge on any atom is 0.412 e. The molecule has 0 heterocycles. The van der Waals surface area contributed by atoms with Gasteiger partial charge in [-0.3, -0.25) is 19.7 Å². The van der Waals surface area contributed by atoms with Crippen molar-refractivity contribution in [3.05, 3.63) is 29.3 Å². The summed E-state index contributed by atoms with van der Waals surface area (Å²) in [6, 6.07) is 4.77. The zero-order valence-corrected chi connectivity index (χ0v) is 19.9. The number of carbonyl (C=O) groups excluding carboxylic acids is 4. The van der Waals surface area contributed by atoms with Gasteiger partial charge in [-0.15, -0.1) is 0 Å². The number of nitrogens with one attached hydrogen (secondary N) is 1. The van der Waals surface area contributed by atoms with E-state index in [1.807, 2.05) is 6.92 Å². The second-order valence-electron chi connectivity index (χ2n) is 9.10. The number of amides is 2. The summed E-state index contributed by atoms with van der Waals surface area (Å²) in [5.41, 5.74) is -0.785. The second-order valence-corrected chi connectivity index (χ2v) is 9.10. The van der Waals surface area contributed by atoms with Gasteiger partial charge in [-0.2, -0.15) is 0 Å². The molecule has 0 radical (unpaired) electrons. The number of hydrogen-bond acceptors (Lipinski definition) is 6. The third-order valence-corrected chi connectivity index (χ3v) is 5.43. The summed E-state index contributed by atoms with van der Waals surface area (Å²) >= 11 is 0. The van der Waals surface area contributed by atoms with Crippen LogP contribution in [-0.2, 0) is 24.5 Å². The molecule has 1 aromatic carbocycles. The highest BCUT2D eigenvalue weighted by molar-refractivity contribution is 6.44. The minimum Gasteiger partial charge on any atom is -0.465 e. The SMILES string of the molecule is CCCN(C)C(=O)C(=O)c1cc(C2(C(=O)OCC)CCC2)ccc1NC(=O)OC(C)(C)C. The van der Waals surface area contributed by atoms with E-state index in [9.17, 15) is 19.2 Å². The van der Waals surface area contributed by atoms with E-state index in [0.717, 1.165) is 6.42 Å². The summed E-state index contributed by atoms with van der Waals surface area (Å²) in [7, 11) is 1.56. The van der Waals surface area contributed by atoms with Gasteiger partial charge in [-0.25, -0.2) is 4.79 Å². The molecule has 0 unspecified atom stereocenters. The number of ketones is 1. The lowest BCUT2D eigenvalue weighted by atomic mass is 9.64. The van der Waals surface area contributed by atoms with Gasteiger partial charge in [0.05, 0.1) is 23.3 Å². The zero-order chi connectivity index (χ0) is 24.1. The van der Waals surface area contributed by atoms with Gasteiger partial charge in [0, 0.05) is 13.6 Å². The van der Waals surface area contributed by atoms with Crippen molar-refractivity contribution in [2.45, 2.75) is 71.3 Å². The predicted molar refractivity (Wildman–Crippen MR) is 121 cm³/mol. The molecule has 1 fully saturated rings. The van der Waals surface area contributed by atoms with Crippen molar-refractivity contribution in [3.8, 4) is 0 Å². The van der Waals surface area contributed by atoms with Crippen LogP contribution in [0.5, 0.6) is 0 Å². The first-order valence-corrected chi connectivity index (χ1v) is 11.1. The van der Waals surface area contributed by atoms with Crippen molar-refractivity contribution in [2.24, 2.45) is 0 Å². The highest BCUT2D eigenvalue weighted by Gasteiger charge is 2.47. The number of nitrogens with zero attached hydrogens (tertiary/aromatic N) is 1. The fourth-order valence-corrected chi connectivity index (χ4v) is 3.69. The van der Waals surface area contributed by atoms with Crippen LogP contribution in [0.1, 0.15) is 76.2 Å². The number of hydrogen-bond donors (Lipinski definition) is 1. The Morgan fingerprint density at radius 1 is 1.12 bits per heavy atom. The number of likely N-dealkylation sites (N-methyl/N-ethyl adjacent to an activating group) is 1. The Hall–Kier alpha value is -2.90. The summed E-state index contributed by atoms with van der Waals surface area (Å²) in [4.78, 5) is 52.2. The largest absolute Gasteiger partial charge is 0.465 e. The summed E-state index contributed by atoms with van der Waals surface area (Å²) in [5.74, 6) is -1.78. The Morgan fingerprint density at radius 3 is 2.28 bits per heavy atom. The lowest BCUT2D eigenvalue weighted by Crippen LogP contribution is -2.44. The first-order valence-electron chi connectivity index (χ1n) is 11.1. The van der Waals surface area contributed by atoms with E-state index in [0.29, 0.717) is 31.4 Å². The lowest BCUT2D eigenvalue weighted by Gasteiger charge is -2.40.